The molecular formula is C13H13ClN4OS2. The topological polar surface area (TPSA) is 66.9 Å². The number of carbonyl (C=O) groups excluding carboxylic acids is 1. The summed E-state index contributed by atoms with van der Waals surface area (Å²) in [5.74, 6) is 0.776. The van der Waals surface area contributed by atoms with E-state index in [0.717, 1.165) is 32.7 Å². The molecule has 5 nitrogen and oxygen atoms in total. The lowest BCUT2D eigenvalue weighted by Gasteiger charge is -2.08. The van der Waals surface area contributed by atoms with Crippen LogP contribution >= 0.6 is 34.9 Å². The number of fused-ring (bicyclic) bond motifs is 1. The van der Waals surface area contributed by atoms with Gasteiger partial charge in [0.15, 0.2) is 4.34 Å². The van der Waals surface area contributed by atoms with Crippen molar-refractivity contribution in [3.05, 3.63) is 28.5 Å². The molecule has 0 saturated carbocycles. The first kappa shape index (κ1) is 14.8. The van der Waals surface area contributed by atoms with Gasteiger partial charge in [0.25, 0.3) is 0 Å². The van der Waals surface area contributed by atoms with Crippen molar-refractivity contribution in [1.82, 2.24) is 14.7 Å². The SMILES string of the molecule is CCc1nsc(Sc2cc3c(cc2Cl)C(NC)C(=O)N3)n1. The number of aromatic nitrogens is 2. The Kier molecular flexibility index (Phi) is 4.17. The number of carbonyl (C=O) groups is 1. The van der Waals surface area contributed by atoms with Crippen molar-refractivity contribution in [2.75, 3.05) is 12.4 Å². The van der Waals surface area contributed by atoms with E-state index in [0.29, 0.717) is 5.02 Å². The molecule has 1 atom stereocenters. The van der Waals surface area contributed by atoms with E-state index in [-0.39, 0.29) is 11.9 Å². The van der Waals surface area contributed by atoms with Crippen LogP contribution in [0.15, 0.2) is 21.4 Å². The molecule has 0 aliphatic carbocycles. The van der Waals surface area contributed by atoms with Crippen molar-refractivity contribution in [3.8, 4) is 0 Å². The molecular weight excluding hydrogens is 328 g/mol. The van der Waals surface area contributed by atoms with Gasteiger partial charge in [-0.1, -0.05) is 30.3 Å². The summed E-state index contributed by atoms with van der Waals surface area (Å²) in [4.78, 5) is 17.1. The summed E-state index contributed by atoms with van der Waals surface area (Å²) in [6.45, 7) is 2.02. The van der Waals surface area contributed by atoms with Crippen LogP contribution in [0.5, 0.6) is 0 Å². The minimum absolute atomic E-state index is 0.0603. The Morgan fingerprint density at radius 3 is 3.00 bits per heavy atom. The minimum atomic E-state index is -0.343. The first-order valence-corrected chi connectivity index (χ1v) is 8.41. The van der Waals surface area contributed by atoms with Gasteiger partial charge >= 0.3 is 0 Å². The molecule has 1 amide bonds. The average Bonchev–Trinajstić information content (AvgIpc) is 3.03. The number of nitrogens with zero attached hydrogens (tertiary/aromatic N) is 2. The van der Waals surface area contributed by atoms with Crippen LogP contribution in [0.3, 0.4) is 0 Å². The summed E-state index contributed by atoms with van der Waals surface area (Å²) in [5, 5.41) is 6.46. The summed E-state index contributed by atoms with van der Waals surface area (Å²) in [7, 11) is 1.75. The van der Waals surface area contributed by atoms with Crippen molar-refractivity contribution >= 4 is 46.5 Å². The molecule has 0 bridgehead atoms. The third-order valence-electron chi connectivity index (χ3n) is 3.19. The molecule has 2 heterocycles. The van der Waals surface area contributed by atoms with Gasteiger partial charge in [-0.15, -0.1) is 0 Å². The summed E-state index contributed by atoms with van der Waals surface area (Å²) >= 11 is 9.17. The predicted octanol–water partition coefficient (Wildman–Crippen LogP) is 3.12. The Morgan fingerprint density at radius 2 is 2.33 bits per heavy atom. The third-order valence-corrected chi connectivity index (χ3v) is 5.46. The molecule has 1 aliphatic rings. The number of aryl methyl sites for hydroxylation is 1. The molecule has 21 heavy (non-hydrogen) atoms. The van der Waals surface area contributed by atoms with Gasteiger partial charge in [-0.2, -0.15) is 4.37 Å². The fourth-order valence-electron chi connectivity index (χ4n) is 2.14. The lowest BCUT2D eigenvalue weighted by Crippen LogP contribution is -2.23. The smallest absolute Gasteiger partial charge is 0.246 e. The standard InChI is InChI=1S/C13H13ClN4OS2/c1-3-10-17-13(21-18-10)20-9-5-8-6(4-7(9)14)11(15-2)12(19)16-8/h4-5,11,15H,3H2,1-2H3,(H,16,19). The fourth-order valence-corrected chi connectivity index (χ4v) is 4.13. The zero-order valence-electron chi connectivity index (χ0n) is 11.4. The second-order valence-electron chi connectivity index (χ2n) is 4.51. The summed E-state index contributed by atoms with van der Waals surface area (Å²) in [6.07, 6.45) is 0.814. The van der Waals surface area contributed by atoms with E-state index >= 15 is 0 Å². The second-order valence-corrected chi connectivity index (χ2v) is 6.96. The van der Waals surface area contributed by atoms with Gasteiger partial charge in [0, 0.05) is 22.6 Å². The fraction of sp³-hybridized carbons (Fsp3) is 0.308. The van der Waals surface area contributed by atoms with E-state index in [1.165, 1.54) is 23.3 Å². The van der Waals surface area contributed by atoms with Crippen LogP contribution in [0.25, 0.3) is 0 Å². The maximum atomic E-state index is 11.8. The third kappa shape index (κ3) is 2.78. The quantitative estimate of drug-likeness (QED) is 0.895. The van der Waals surface area contributed by atoms with Gasteiger partial charge in [0.2, 0.25) is 5.91 Å². The van der Waals surface area contributed by atoms with E-state index in [1.807, 2.05) is 19.1 Å². The number of rotatable bonds is 4. The largest absolute Gasteiger partial charge is 0.324 e. The van der Waals surface area contributed by atoms with Crippen molar-refractivity contribution < 1.29 is 4.79 Å². The van der Waals surface area contributed by atoms with Gasteiger partial charge in [-0.3, -0.25) is 4.79 Å². The van der Waals surface area contributed by atoms with Crippen molar-refractivity contribution in [1.29, 1.82) is 0 Å². The normalized spacial score (nSPS) is 16.9. The van der Waals surface area contributed by atoms with E-state index in [1.54, 1.807) is 7.05 Å². The van der Waals surface area contributed by atoms with Crippen LogP contribution in [-0.2, 0) is 11.2 Å². The van der Waals surface area contributed by atoms with Crippen LogP contribution < -0.4 is 10.6 Å². The van der Waals surface area contributed by atoms with E-state index in [2.05, 4.69) is 20.0 Å². The lowest BCUT2D eigenvalue weighted by atomic mass is 10.1. The van der Waals surface area contributed by atoms with Crippen molar-refractivity contribution in [2.45, 2.75) is 28.6 Å². The molecule has 0 spiro atoms. The zero-order chi connectivity index (χ0) is 15.0. The van der Waals surface area contributed by atoms with Crippen LogP contribution in [-0.4, -0.2) is 22.3 Å². The van der Waals surface area contributed by atoms with Gasteiger partial charge in [0.05, 0.1) is 5.02 Å². The molecule has 110 valence electrons. The van der Waals surface area contributed by atoms with E-state index < -0.39 is 0 Å². The van der Waals surface area contributed by atoms with Gasteiger partial charge in [0.1, 0.15) is 11.9 Å². The molecule has 0 saturated heterocycles. The summed E-state index contributed by atoms with van der Waals surface area (Å²) in [6, 6.07) is 3.38. The average molecular weight is 341 g/mol. The Morgan fingerprint density at radius 1 is 1.52 bits per heavy atom. The number of nitrogens with one attached hydrogen (secondary N) is 2. The number of amides is 1. The Hall–Kier alpha value is -1.15. The number of likely N-dealkylation sites (N-methyl/N-ethyl adjacent to an activating group) is 1. The van der Waals surface area contributed by atoms with Gasteiger partial charge in [-0.05, 0) is 30.7 Å². The Balaban J connectivity index is 1.91. The highest BCUT2D eigenvalue weighted by Gasteiger charge is 2.30. The van der Waals surface area contributed by atoms with Crippen LogP contribution in [0.4, 0.5) is 5.69 Å². The summed E-state index contributed by atoms with van der Waals surface area (Å²) in [5.41, 5.74) is 1.68. The Labute approximate surface area is 135 Å². The molecule has 1 aromatic heterocycles. The van der Waals surface area contributed by atoms with Crippen LogP contribution in [0, 0.1) is 0 Å². The first-order chi connectivity index (χ1) is 10.1. The highest BCUT2D eigenvalue weighted by molar-refractivity contribution is 8.01. The predicted molar refractivity (Wildman–Crippen MR) is 85.3 cm³/mol. The molecule has 2 N–H and O–H groups in total. The lowest BCUT2D eigenvalue weighted by molar-refractivity contribution is -0.117. The number of anilines is 1. The maximum Gasteiger partial charge on any atom is 0.246 e. The van der Waals surface area contributed by atoms with Gasteiger partial charge in [-0.25, -0.2) is 4.98 Å². The molecule has 3 rings (SSSR count). The maximum absolute atomic E-state index is 11.8. The molecule has 0 fully saturated rings. The molecule has 1 aliphatic heterocycles. The van der Waals surface area contributed by atoms with Crippen LogP contribution in [0.1, 0.15) is 24.4 Å². The zero-order valence-corrected chi connectivity index (χ0v) is 13.8. The Bertz CT molecular complexity index is 703. The number of hydrogen-bond donors (Lipinski definition) is 2. The molecule has 1 unspecified atom stereocenters. The summed E-state index contributed by atoms with van der Waals surface area (Å²) < 4.78 is 5.11. The highest BCUT2D eigenvalue weighted by Crippen LogP contribution is 2.41. The van der Waals surface area contributed by atoms with Crippen molar-refractivity contribution in [2.24, 2.45) is 0 Å². The first-order valence-electron chi connectivity index (χ1n) is 6.44. The number of benzene rings is 1. The molecule has 2 aromatic rings. The highest BCUT2D eigenvalue weighted by atomic mass is 35.5. The van der Waals surface area contributed by atoms with Crippen molar-refractivity contribution in [3.63, 3.8) is 0 Å². The number of hydrogen-bond acceptors (Lipinski definition) is 6. The van der Waals surface area contributed by atoms with Crippen LogP contribution in [0.2, 0.25) is 5.02 Å². The van der Waals surface area contributed by atoms with E-state index in [4.69, 9.17) is 11.6 Å². The second kappa shape index (κ2) is 5.92. The molecule has 1 aromatic carbocycles. The minimum Gasteiger partial charge on any atom is -0.324 e. The van der Waals surface area contributed by atoms with E-state index in [9.17, 15) is 4.79 Å². The number of halogens is 1. The monoisotopic (exact) mass is 340 g/mol. The van der Waals surface area contributed by atoms with Gasteiger partial charge < -0.3 is 10.6 Å². The molecule has 8 heteroatoms. The molecule has 0 radical (unpaired) electrons.